The third-order valence-corrected chi connectivity index (χ3v) is 3.79. The first kappa shape index (κ1) is 12.2. The molecule has 1 atom stereocenters. The molecular formula is C15H21NO. The van der Waals surface area contributed by atoms with Crippen LogP contribution >= 0.6 is 0 Å². The zero-order valence-electron chi connectivity index (χ0n) is 10.8. The van der Waals surface area contributed by atoms with Crippen LogP contribution in [0.5, 0.6) is 0 Å². The van der Waals surface area contributed by atoms with Gasteiger partial charge in [-0.3, -0.25) is 4.79 Å². The van der Waals surface area contributed by atoms with Crippen molar-refractivity contribution in [3.05, 3.63) is 35.4 Å². The second-order valence-electron chi connectivity index (χ2n) is 4.70. The topological polar surface area (TPSA) is 20.3 Å². The molecule has 0 N–H and O–H groups in total. The van der Waals surface area contributed by atoms with E-state index in [1.807, 2.05) is 18.7 Å². The van der Waals surface area contributed by atoms with Crippen molar-refractivity contribution in [1.29, 1.82) is 0 Å². The van der Waals surface area contributed by atoms with Gasteiger partial charge in [-0.05, 0) is 43.7 Å². The van der Waals surface area contributed by atoms with Gasteiger partial charge in [0.25, 0.3) is 0 Å². The average Bonchev–Trinajstić information content (AvgIpc) is 2.74. The summed E-state index contributed by atoms with van der Waals surface area (Å²) in [7, 11) is 0. The Morgan fingerprint density at radius 3 is 2.71 bits per heavy atom. The molecule has 0 fully saturated rings. The zero-order valence-corrected chi connectivity index (χ0v) is 10.8. The SMILES string of the molecule is CCN(CC)C(=O)C[C@H]1CCc2ccccc21. The van der Waals surface area contributed by atoms with Crippen molar-refractivity contribution >= 4 is 5.91 Å². The van der Waals surface area contributed by atoms with Crippen molar-refractivity contribution in [3.8, 4) is 0 Å². The van der Waals surface area contributed by atoms with Gasteiger partial charge in [0.15, 0.2) is 0 Å². The Labute approximate surface area is 104 Å². The van der Waals surface area contributed by atoms with E-state index in [4.69, 9.17) is 0 Å². The van der Waals surface area contributed by atoms with Crippen molar-refractivity contribution in [2.45, 2.75) is 39.0 Å². The number of hydrogen-bond acceptors (Lipinski definition) is 1. The number of fused-ring (bicyclic) bond motifs is 1. The minimum Gasteiger partial charge on any atom is -0.343 e. The van der Waals surface area contributed by atoms with Crippen LogP contribution in [0.2, 0.25) is 0 Å². The molecule has 0 spiro atoms. The molecule has 0 unspecified atom stereocenters. The van der Waals surface area contributed by atoms with Crippen LogP contribution in [0.4, 0.5) is 0 Å². The first-order valence-corrected chi connectivity index (χ1v) is 6.61. The molecular weight excluding hydrogens is 210 g/mol. The van der Waals surface area contributed by atoms with Crippen LogP contribution in [0.15, 0.2) is 24.3 Å². The number of rotatable bonds is 4. The lowest BCUT2D eigenvalue weighted by Gasteiger charge is -2.21. The molecule has 0 saturated carbocycles. The van der Waals surface area contributed by atoms with Gasteiger partial charge in [0, 0.05) is 19.5 Å². The number of nitrogens with zero attached hydrogens (tertiary/aromatic N) is 1. The van der Waals surface area contributed by atoms with Gasteiger partial charge in [-0.2, -0.15) is 0 Å². The maximum absolute atomic E-state index is 12.1. The summed E-state index contributed by atoms with van der Waals surface area (Å²) < 4.78 is 0. The fourth-order valence-electron chi connectivity index (χ4n) is 2.77. The van der Waals surface area contributed by atoms with E-state index in [9.17, 15) is 4.79 Å². The number of carbonyl (C=O) groups excluding carboxylic acids is 1. The molecule has 17 heavy (non-hydrogen) atoms. The van der Waals surface area contributed by atoms with Gasteiger partial charge < -0.3 is 4.90 Å². The monoisotopic (exact) mass is 231 g/mol. The first-order chi connectivity index (χ1) is 8.26. The van der Waals surface area contributed by atoms with E-state index < -0.39 is 0 Å². The van der Waals surface area contributed by atoms with E-state index in [1.165, 1.54) is 11.1 Å². The highest BCUT2D eigenvalue weighted by Gasteiger charge is 2.25. The van der Waals surface area contributed by atoms with Crippen LogP contribution in [-0.4, -0.2) is 23.9 Å². The molecule has 92 valence electrons. The van der Waals surface area contributed by atoms with E-state index >= 15 is 0 Å². The van der Waals surface area contributed by atoms with E-state index in [2.05, 4.69) is 24.3 Å². The Balaban J connectivity index is 2.04. The molecule has 1 aromatic rings. The Morgan fingerprint density at radius 1 is 1.29 bits per heavy atom. The quantitative estimate of drug-likeness (QED) is 0.780. The number of hydrogen-bond donors (Lipinski definition) is 0. The van der Waals surface area contributed by atoms with Crippen LogP contribution in [0.1, 0.15) is 43.7 Å². The van der Waals surface area contributed by atoms with Gasteiger partial charge in [0.1, 0.15) is 0 Å². The van der Waals surface area contributed by atoms with E-state index in [-0.39, 0.29) is 0 Å². The molecule has 0 radical (unpaired) electrons. The molecule has 1 aromatic carbocycles. The molecule has 0 aliphatic heterocycles. The molecule has 0 heterocycles. The first-order valence-electron chi connectivity index (χ1n) is 6.61. The highest BCUT2D eigenvalue weighted by atomic mass is 16.2. The fourth-order valence-corrected chi connectivity index (χ4v) is 2.77. The lowest BCUT2D eigenvalue weighted by Crippen LogP contribution is -2.31. The predicted octanol–water partition coefficient (Wildman–Crippen LogP) is 2.97. The number of benzene rings is 1. The Kier molecular flexibility index (Phi) is 3.82. The van der Waals surface area contributed by atoms with E-state index in [0.29, 0.717) is 18.2 Å². The van der Waals surface area contributed by atoms with Gasteiger partial charge in [0.2, 0.25) is 5.91 Å². The second kappa shape index (κ2) is 5.35. The molecule has 0 bridgehead atoms. The summed E-state index contributed by atoms with van der Waals surface area (Å²) in [4.78, 5) is 14.0. The average molecular weight is 231 g/mol. The predicted molar refractivity (Wildman–Crippen MR) is 70.0 cm³/mol. The molecule has 2 heteroatoms. The van der Waals surface area contributed by atoms with Crippen molar-refractivity contribution < 1.29 is 4.79 Å². The van der Waals surface area contributed by atoms with Gasteiger partial charge in [-0.15, -0.1) is 0 Å². The minimum absolute atomic E-state index is 0.303. The Hall–Kier alpha value is -1.31. The highest BCUT2D eigenvalue weighted by Crippen LogP contribution is 2.35. The summed E-state index contributed by atoms with van der Waals surface area (Å²) >= 11 is 0. The third-order valence-electron chi connectivity index (χ3n) is 3.79. The highest BCUT2D eigenvalue weighted by molar-refractivity contribution is 5.77. The number of aryl methyl sites for hydroxylation is 1. The standard InChI is InChI=1S/C15H21NO/c1-3-16(4-2)15(17)11-13-10-9-12-7-5-6-8-14(12)13/h5-8,13H,3-4,9-11H2,1-2H3/t13-/m1/s1. The summed E-state index contributed by atoms with van der Waals surface area (Å²) in [5.74, 6) is 0.746. The third kappa shape index (κ3) is 2.51. The molecule has 2 nitrogen and oxygen atoms in total. The van der Waals surface area contributed by atoms with Crippen molar-refractivity contribution in [2.24, 2.45) is 0 Å². The van der Waals surface area contributed by atoms with Crippen LogP contribution < -0.4 is 0 Å². The fraction of sp³-hybridized carbons (Fsp3) is 0.533. The Morgan fingerprint density at radius 2 is 2.00 bits per heavy atom. The van der Waals surface area contributed by atoms with E-state index in [1.54, 1.807) is 0 Å². The summed E-state index contributed by atoms with van der Waals surface area (Å²) in [6.45, 7) is 5.74. The summed E-state index contributed by atoms with van der Waals surface area (Å²) in [6.07, 6.45) is 2.94. The molecule has 1 aliphatic carbocycles. The Bertz CT molecular complexity index is 396. The second-order valence-corrected chi connectivity index (χ2v) is 4.70. The molecule has 0 saturated heterocycles. The van der Waals surface area contributed by atoms with Gasteiger partial charge in [0.05, 0.1) is 0 Å². The van der Waals surface area contributed by atoms with Crippen LogP contribution in [-0.2, 0) is 11.2 Å². The summed E-state index contributed by atoms with van der Waals surface area (Å²) in [5.41, 5.74) is 2.83. The maximum Gasteiger partial charge on any atom is 0.223 e. The van der Waals surface area contributed by atoms with Gasteiger partial charge in [-0.1, -0.05) is 24.3 Å². The molecule has 1 amide bonds. The minimum atomic E-state index is 0.303. The summed E-state index contributed by atoms with van der Waals surface area (Å²) in [6, 6.07) is 8.55. The van der Waals surface area contributed by atoms with E-state index in [0.717, 1.165) is 25.9 Å². The summed E-state index contributed by atoms with van der Waals surface area (Å²) in [5, 5.41) is 0. The van der Waals surface area contributed by atoms with Crippen LogP contribution in [0.25, 0.3) is 0 Å². The molecule has 1 aliphatic rings. The largest absolute Gasteiger partial charge is 0.343 e. The lowest BCUT2D eigenvalue weighted by molar-refractivity contribution is -0.131. The maximum atomic E-state index is 12.1. The van der Waals surface area contributed by atoms with Crippen molar-refractivity contribution in [1.82, 2.24) is 4.90 Å². The van der Waals surface area contributed by atoms with Gasteiger partial charge >= 0.3 is 0 Å². The number of amides is 1. The van der Waals surface area contributed by atoms with Crippen molar-refractivity contribution in [3.63, 3.8) is 0 Å². The normalized spacial score (nSPS) is 17.9. The molecule has 2 rings (SSSR count). The van der Waals surface area contributed by atoms with Crippen LogP contribution in [0.3, 0.4) is 0 Å². The zero-order chi connectivity index (χ0) is 12.3. The van der Waals surface area contributed by atoms with Crippen LogP contribution in [0, 0.1) is 0 Å². The smallest absolute Gasteiger partial charge is 0.223 e. The number of carbonyl (C=O) groups is 1. The molecule has 0 aromatic heterocycles. The van der Waals surface area contributed by atoms with Crippen molar-refractivity contribution in [2.75, 3.05) is 13.1 Å². The lowest BCUT2D eigenvalue weighted by atomic mass is 9.97. The van der Waals surface area contributed by atoms with Gasteiger partial charge in [-0.25, -0.2) is 0 Å².